The summed E-state index contributed by atoms with van der Waals surface area (Å²) >= 11 is 5.87. The lowest BCUT2D eigenvalue weighted by molar-refractivity contribution is 0.313. The summed E-state index contributed by atoms with van der Waals surface area (Å²) in [7, 11) is 0. The van der Waals surface area contributed by atoms with Gasteiger partial charge in [-0.25, -0.2) is 0 Å². The van der Waals surface area contributed by atoms with E-state index in [9.17, 15) is 0 Å². The number of ether oxygens (including phenoxy) is 1. The SMILES string of the molecule is Cc1cc(OCCCN=[N+]=[N-])ccc1Cl. The van der Waals surface area contributed by atoms with E-state index in [1.807, 2.05) is 19.1 Å². The second kappa shape index (κ2) is 6.17. The number of rotatable bonds is 5. The highest BCUT2D eigenvalue weighted by atomic mass is 35.5. The number of benzene rings is 1. The van der Waals surface area contributed by atoms with Crippen LogP contribution in [0.2, 0.25) is 5.02 Å². The molecule has 0 saturated heterocycles. The Morgan fingerprint density at radius 3 is 3.00 bits per heavy atom. The molecule has 0 unspecified atom stereocenters. The topological polar surface area (TPSA) is 58.0 Å². The molecule has 0 aliphatic heterocycles. The van der Waals surface area contributed by atoms with Crippen molar-refractivity contribution in [1.29, 1.82) is 0 Å². The molecule has 0 amide bonds. The van der Waals surface area contributed by atoms with Crippen LogP contribution >= 0.6 is 11.6 Å². The van der Waals surface area contributed by atoms with Gasteiger partial charge in [0.05, 0.1) is 6.61 Å². The molecule has 0 fully saturated rings. The summed E-state index contributed by atoms with van der Waals surface area (Å²) < 4.78 is 5.45. The van der Waals surface area contributed by atoms with Crippen LogP contribution in [0.4, 0.5) is 0 Å². The Kier molecular flexibility index (Phi) is 4.81. The first kappa shape index (κ1) is 11.7. The van der Waals surface area contributed by atoms with Gasteiger partial charge in [-0.1, -0.05) is 16.7 Å². The molecule has 5 heteroatoms. The monoisotopic (exact) mass is 225 g/mol. The van der Waals surface area contributed by atoms with Crippen molar-refractivity contribution in [3.8, 4) is 5.75 Å². The zero-order chi connectivity index (χ0) is 11.1. The van der Waals surface area contributed by atoms with Crippen molar-refractivity contribution >= 4 is 11.6 Å². The Balaban J connectivity index is 2.37. The third-order valence-corrected chi connectivity index (χ3v) is 2.29. The summed E-state index contributed by atoms with van der Waals surface area (Å²) in [5.41, 5.74) is 9.04. The first-order chi connectivity index (χ1) is 7.24. The van der Waals surface area contributed by atoms with Gasteiger partial charge in [-0.15, -0.1) is 0 Å². The normalized spacial score (nSPS) is 9.47. The Morgan fingerprint density at radius 2 is 2.33 bits per heavy atom. The molecule has 15 heavy (non-hydrogen) atoms. The van der Waals surface area contributed by atoms with Gasteiger partial charge in [-0.3, -0.25) is 0 Å². The highest BCUT2D eigenvalue weighted by molar-refractivity contribution is 6.31. The first-order valence-electron chi connectivity index (χ1n) is 4.64. The van der Waals surface area contributed by atoms with E-state index in [0.29, 0.717) is 19.6 Å². The molecule has 80 valence electrons. The molecule has 0 aliphatic carbocycles. The smallest absolute Gasteiger partial charge is 0.119 e. The minimum absolute atomic E-state index is 0.461. The second-order valence-electron chi connectivity index (χ2n) is 3.07. The average molecular weight is 226 g/mol. The molecule has 0 heterocycles. The van der Waals surface area contributed by atoms with E-state index in [1.165, 1.54) is 0 Å². The fraction of sp³-hybridized carbons (Fsp3) is 0.400. The predicted molar refractivity (Wildman–Crippen MR) is 60.3 cm³/mol. The number of hydrogen-bond acceptors (Lipinski definition) is 2. The van der Waals surface area contributed by atoms with Crippen LogP contribution in [0.5, 0.6) is 5.75 Å². The van der Waals surface area contributed by atoms with Crippen molar-refractivity contribution in [2.45, 2.75) is 13.3 Å². The van der Waals surface area contributed by atoms with Gasteiger partial charge < -0.3 is 4.74 Å². The quantitative estimate of drug-likeness (QED) is 0.326. The number of aryl methyl sites for hydroxylation is 1. The largest absolute Gasteiger partial charge is 0.494 e. The lowest BCUT2D eigenvalue weighted by Gasteiger charge is -2.06. The van der Waals surface area contributed by atoms with Crippen LogP contribution in [0.25, 0.3) is 10.4 Å². The summed E-state index contributed by atoms with van der Waals surface area (Å²) in [4.78, 5) is 2.66. The summed E-state index contributed by atoms with van der Waals surface area (Å²) in [6.45, 7) is 2.93. The van der Waals surface area contributed by atoms with E-state index >= 15 is 0 Å². The number of halogens is 1. The molecule has 0 aliphatic rings. The van der Waals surface area contributed by atoms with Gasteiger partial charge in [0.25, 0.3) is 0 Å². The maximum absolute atomic E-state index is 8.05. The lowest BCUT2D eigenvalue weighted by Crippen LogP contribution is -1.98. The molecule has 1 aromatic rings. The number of hydrogen-bond donors (Lipinski definition) is 0. The van der Waals surface area contributed by atoms with E-state index in [1.54, 1.807) is 6.07 Å². The van der Waals surface area contributed by atoms with E-state index in [4.69, 9.17) is 21.9 Å². The molecule has 0 saturated carbocycles. The molecule has 0 radical (unpaired) electrons. The highest BCUT2D eigenvalue weighted by Gasteiger charge is 1.97. The van der Waals surface area contributed by atoms with E-state index in [2.05, 4.69) is 10.0 Å². The Morgan fingerprint density at radius 1 is 1.53 bits per heavy atom. The van der Waals surface area contributed by atoms with Crippen LogP contribution in [0.1, 0.15) is 12.0 Å². The maximum atomic E-state index is 8.05. The third kappa shape index (κ3) is 4.11. The lowest BCUT2D eigenvalue weighted by atomic mass is 10.2. The van der Waals surface area contributed by atoms with E-state index < -0.39 is 0 Å². The molecular weight excluding hydrogens is 214 g/mol. The van der Waals surface area contributed by atoms with Crippen molar-refractivity contribution in [1.82, 2.24) is 0 Å². The summed E-state index contributed by atoms with van der Waals surface area (Å²) in [6, 6.07) is 5.51. The Bertz CT molecular complexity index is 375. The predicted octanol–water partition coefficient (Wildman–Crippen LogP) is 3.73. The van der Waals surface area contributed by atoms with E-state index in [-0.39, 0.29) is 0 Å². The molecule has 0 atom stereocenters. The zero-order valence-electron chi connectivity index (χ0n) is 8.48. The third-order valence-electron chi connectivity index (χ3n) is 1.86. The zero-order valence-corrected chi connectivity index (χ0v) is 9.24. The average Bonchev–Trinajstić information content (AvgIpc) is 2.23. The fourth-order valence-electron chi connectivity index (χ4n) is 1.08. The molecule has 0 bridgehead atoms. The summed E-state index contributed by atoms with van der Waals surface area (Å²) in [5, 5.41) is 4.15. The van der Waals surface area contributed by atoms with Crippen molar-refractivity contribution in [2.75, 3.05) is 13.2 Å². The summed E-state index contributed by atoms with van der Waals surface area (Å²) in [6.07, 6.45) is 0.714. The molecular formula is C10H12ClN3O. The van der Waals surface area contributed by atoms with Crippen molar-refractivity contribution in [3.05, 3.63) is 39.2 Å². The minimum atomic E-state index is 0.461. The molecule has 0 spiro atoms. The van der Waals surface area contributed by atoms with Crippen molar-refractivity contribution in [2.24, 2.45) is 5.11 Å². The fourth-order valence-corrected chi connectivity index (χ4v) is 1.19. The summed E-state index contributed by atoms with van der Waals surface area (Å²) in [5.74, 6) is 0.790. The molecule has 4 nitrogen and oxygen atoms in total. The van der Waals surface area contributed by atoms with Crippen LogP contribution in [-0.4, -0.2) is 13.2 Å². The van der Waals surface area contributed by atoms with Gasteiger partial charge in [0.2, 0.25) is 0 Å². The van der Waals surface area contributed by atoms with Gasteiger partial charge >= 0.3 is 0 Å². The molecule has 1 aromatic carbocycles. The van der Waals surface area contributed by atoms with Gasteiger partial charge in [-0.2, -0.15) is 0 Å². The standard InChI is InChI=1S/C10H12ClN3O/c1-8-7-9(3-4-10(8)11)15-6-2-5-13-14-12/h3-4,7H,2,5-6H2,1H3. The van der Waals surface area contributed by atoms with Crippen molar-refractivity contribution < 1.29 is 4.74 Å². The Hall–Kier alpha value is -1.38. The maximum Gasteiger partial charge on any atom is 0.119 e. The van der Waals surface area contributed by atoms with Crippen LogP contribution < -0.4 is 4.74 Å². The number of nitrogens with zero attached hydrogens (tertiary/aromatic N) is 3. The second-order valence-corrected chi connectivity index (χ2v) is 3.47. The Labute approximate surface area is 93.4 Å². The van der Waals surface area contributed by atoms with Crippen LogP contribution in [0.15, 0.2) is 23.3 Å². The van der Waals surface area contributed by atoms with Gasteiger partial charge in [0, 0.05) is 16.5 Å². The van der Waals surface area contributed by atoms with Gasteiger partial charge in [0.15, 0.2) is 0 Å². The minimum Gasteiger partial charge on any atom is -0.494 e. The highest BCUT2D eigenvalue weighted by Crippen LogP contribution is 2.20. The van der Waals surface area contributed by atoms with Crippen molar-refractivity contribution in [3.63, 3.8) is 0 Å². The first-order valence-corrected chi connectivity index (χ1v) is 5.01. The van der Waals surface area contributed by atoms with E-state index in [0.717, 1.165) is 16.3 Å². The molecule has 0 aromatic heterocycles. The van der Waals surface area contributed by atoms with Crippen LogP contribution in [-0.2, 0) is 0 Å². The van der Waals surface area contributed by atoms with Crippen LogP contribution in [0, 0.1) is 6.92 Å². The van der Waals surface area contributed by atoms with Gasteiger partial charge in [-0.05, 0) is 42.6 Å². The molecule has 0 N–H and O–H groups in total. The molecule has 1 rings (SSSR count). The van der Waals surface area contributed by atoms with Crippen LogP contribution in [0.3, 0.4) is 0 Å². The van der Waals surface area contributed by atoms with Gasteiger partial charge in [0.1, 0.15) is 5.75 Å². The number of azide groups is 1.